The molecule has 0 radical (unpaired) electrons. The van der Waals surface area contributed by atoms with Gasteiger partial charge in [-0.3, -0.25) is 14.4 Å². The third-order valence-corrected chi connectivity index (χ3v) is 5.15. The highest BCUT2D eigenvalue weighted by Crippen LogP contribution is 2.09. The highest BCUT2D eigenvalue weighted by molar-refractivity contribution is 5.94. The molecule has 0 aliphatic rings. The average molecular weight is 467 g/mol. The van der Waals surface area contributed by atoms with E-state index in [1.165, 1.54) is 12.5 Å². The van der Waals surface area contributed by atoms with E-state index in [1.54, 1.807) is 27.7 Å². The van der Waals surface area contributed by atoms with Gasteiger partial charge in [0, 0.05) is 18.3 Å². The number of rotatable bonds is 13. The number of carboxylic acid groups (broad SMARTS) is 1. The second-order valence-corrected chi connectivity index (χ2v) is 9.38. The van der Waals surface area contributed by atoms with Crippen molar-refractivity contribution in [1.29, 1.82) is 0 Å². The lowest BCUT2D eigenvalue weighted by molar-refractivity contribution is -0.143. The largest absolute Gasteiger partial charge is 0.480 e. The van der Waals surface area contributed by atoms with Gasteiger partial charge in [0.05, 0.1) is 12.4 Å². The Morgan fingerprint density at radius 2 is 1.52 bits per heavy atom. The second kappa shape index (κ2) is 12.9. The predicted octanol–water partition coefficient (Wildman–Crippen LogP) is 0.177. The molecule has 3 amide bonds. The first-order chi connectivity index (χ1) is 15.3. The first-order valence-corrected chi connectivity index (χ1v) is 11.2. The van der Waals surface area contributed by atoms with Gasteiger partial charge in [0.1, 0.15) is 18.1 Å². The molecule has 0 aliphatic heterocycles. The van der Waals surface area contributed by atoms with Gasteiger partial charge in [-0.15, -0.1) is 0 Å². The van der Waals surface area contributed by atoms with E-state index in [0.29, 0.717) is 12.1 Å². The molecular weight excluding hydrogens is 428 g/mol. The van der Waals surface area contributed by atoms with Crippen LogP contribution in [0.25, 0.3) is 0 Å². The summed E-state index contributed by atoms with van der Waals surface area (Å²) in [5.74, 6) is -3.26. The number of hydrogen-bond donors (Lipinski definition) is 6. The number of aromatic nitrogens is 2. The van der Waals surface area contributed by atoms with Crippen molar-refractivity contribution < 1.29 is 24.3 Å². The minimum atomic E-state index is -1.17. The summed E-state index contributed by atoms with van der Waals surface area (Å²) in [5, 5.41) is 17.2. The zero-order valence-electron chi connectivity index (χ0n) is 20.2. The number of carbonyl (C=O) groups excluding carboxylic acids is 3. The van der Waals surface area contributed by atoms with E-state index in [-0.39, 0.29) is 24.2 Å². The molecule has 4 unspecified atom stereocenters. The van der Waals surface area contributed by atoms with Crippen LogP contribution < -0.4 is 21.7 Å². The first kappa shape index (κ1) is 28.1. The van der Waals surface area contributed by atoms with Gasteiger partial charge in [0.25, 0.3) is 0 Å². The number of H-pyrrole nitrogens is 1. The minimum Gasteiger partial charge on any atom is -0.480 e. The van der Waals surface area contributed by atoms with Gasteiger partial charge < -0.3 is 31.8 Å². The summed E-state index contributed by atoms with van der Waals surface area (Å²) in [5.41, 5.74) is 6.52. The van der Waals surface area contributed by atoms with Crippen LogP contribution in [0.5, 0.6) is 0 Å². The van der Waals surface area contributed by atoms with Crippen LogP contribution in [0.4, 0.5) is 0 Å². The van der Waals surface area contributed by atoms with E-state index in [1.807, 2.05) is 13.8 Å². The Morgan fingerprint density at radius 3 is 1.97 bits per heavy atom. The maximum absolute atomic E-state index is 13.1. The van der Waals surface area contributed by atoms with Crippen molar-refractivity contribution in [2.45, 2.75) is 78.6 Å². The summed E-state index contributed by atoms with van der Waals surface area (Å²) in [7, 11) is 0. The predicted molar refractivity (Wildman–Crippen MR) is 123 cm³/mol. The molecule has 186 valence electrons. The Kier molecular flexibility index (Phi) is 11.0. The van der Waals surface area contributed by atoms with Gasteiger partial charge in [-0.1, -0.05) is 41.5 Å². The Bertz CT molecular complexity index is 793. The molecule has 1 heterocycles. The monoisotopic (exact) mass is 466 g/mol. The van der Waals surface area contributed by atoms with Crippen LogP contribution in [0.3, 0.4) is 0 Å². The maximum atomic E-state index is 13.1. The molecule has 1 rings (SSSR count). The molecule has 0 aliphatic carbocycles. The lowest BCUT2D eigenvalue weighted by atomic mass is 9.99. The number of nitrogens with two attached hydrogens (primary N) is 1. The van der Waals surface area contributed by atoms with Crippen molar-refractivity contribution in [3.8, 4) is 0 Å². The molecule has 33 heavy (non-hydrogen) atoms. The van der Waals surface area contributed by atoms with E-state index in [4.69, 9.17) is 5.73 Å². The molecule has 1 aromatic rings. The Labute approximate surface area is 194 Å². The van der Waals surface area contributed by atoms with Gasteiger partial charge in [-0.25, -0.2) is 9.78 Å². The van der Waals surface area contributed by atoms with Crippen LogP contribution in [0.2, 0.25) is 0 Å². The Balaban J connectivity index is 3.02. The first-order valence-electron chi connectivity index (χ1n) is 11.2. The summed E-state index contributed by atoms with van der Waals surface area (Å²) in [6.07, 6.45) is 3.48. The van der Waals surface area contributed by atoms with Gasteiger partial charge >= 0.3 is 5.97 Å². The SMILES string of the molecule is CC(C)CC(N)C(=O)NC(C(=O)NC(Cc1cnc[nH]1)C(=O)NC(C(=O)O)C(C)C)C(C)C. The standard InChI is InChI=1S/C22H38N6O5/c1-11(2)7-15(23)19(29)27-17(12(3)4)21(31)26-16(8-14-9-24-10-25-14)20(30)28-18(13(5)6)22(32)33/h9-13,15-18H,7-8,23H2,1-6H3,(H,24,25)(H,26,31)(H,27,29)(H,28,30)(H,32,33). The number of imidazole rings is 1. The van der Waals surface area contributed by atoms with Crippen molar-refractivity contribution in [1.82, 2.24) is 25.9 Å². The Hall–Kier alpha value is -2.95. The normalized spacial score (nSPS) is 15.1. The number of amides is 3. The summed E-state index contributed by atoms with van der Waals surface area (Å²) >= 11 is 0. The summed E-state index contributed by atoms with van der Waals surface area (Å²) in [6, 6.07) is -3.88. The molecule has 0 spiro atoms. The number of aliphatic carboxylic acids is 1. The summed E-state index contributed by atoms with van der Waals surface area (Å²) in [4.78, 5) is 56.8. The van der Waals surface area contributed by atoms with Crippen LogP contribution in [0.15, 0.2) is 12.5 Å². The van der Waals surface area contributed by atoms with Crippen molar-refractivity contribution in [3.05, 3.63) is 18.2 Å². The van der Waals surface area contributed by atoms with Crippen LogP contribution in [0.1, 0.15) is 53.7 Å². The highest BCUT2D eigenvalue weighted by atomic mass is 16.4. The van der Waals surface area contributed by atoms with Crippen molar-refractivity contribution in [3.63, 3.8) is 0 Å². The third kappa shape index (κ3) is 9.21. The number of aromatic amines is 1. The van der Waals surface area contributed by atoms with Gasteiger partial charge in [-0.05, 0) is 24.2 Å². The van der Waals surface area contributed by atoms with Gasteiger partial charge in [-0.2, -0.15) is 0 Å². The van der Waals surface area contributed by atoms with E-state index in [2.05, 4.69) is 25.9 Å². The summed E-state index contributed by atoms with van der Waals surface area (Å²) < 4.78 is 0. The topological polar surface area (TPSA) is 179 Å². The minimum absolute atomic E-state index is 0.0631. The molecule has 0 saturated carbocycles. The molecule has 1 aromatic heterocycles. The summed E-state index contributed by atoms with van der Waals surface area (Å²) in [6.45, 7) is 10.8. The van der Waals surface area contributed by atoms with Crippen LogP contribution >= 0.6 is 0 Å². The van der Waals surface area contributed by atoms with Crippen LogP contribution in [-0.4, -0.2) is 62.9 Å². The fourth-order valence-electron chi connectivity index (χ4n) is 3.26. The Morgan fingerprint density at radius 1 is 0.939 bits per heavy atom. The molecule has 4 atom stereocenters. The molecule has 11 nitrogen and oxygen atoms in total. The second-order valence-electron chi connectivity index (χ2n) is 9.38. The van der Waals surface area contributed by atoms with Gasteiger partial charge in [0.15, 0.2) is 0 Å². The van der Waals surface area contributed by atoms with Crippen molar-refractivity contribution in [2.75, 3.05) is 0 Å². The molecule has 0 fully saturated rings. The highest BCUT2D eigenvalue weighted by Gasteiger charge is 2.32. The smallest absolute Gasteiger partial charge is 0.326 e. The number of hydrogen-bond acceptors (Lipinski definition) is 6. The number of nitrogens with one attached hydrogen (secondary N) is 4. The van der Waals surface area contributed by atoms with E-state index < -0.39 is 47.9 Å². The molecule has 7 N–H and O–H groups in total. The molecule has 0 bridgehead atoms. The third-order valence-electron chi connectivity index (χ3n) is 5.15. The number of carbonyl (C=O) groups is 4. The van der Waals surface area contributed by atoms with E-state index in [9.17, 15) is 24.3 Å². The molecular formula is C22H38N6O5. The van der Waals surface area contributed by atoms with Crippen LogP contribution in [0, 0.1) is 17.8 Å². The number of nitrogens with zero attached hydrogens (tertiary/aromatic N) is 1. The van der Waals surface area contributed by atoms with E-state index in [0.717, 1.165) is 0 Å². The fraction of sp³-hybridized carbons (Fsp3) is 0.682. The van der Waals surface area contributed by atoms with Crippen LogP contribution in [-0.2, 0) is 25.6 Å². The van der Waals surface area contributed by atoms with Crippen molar-refractivity contribution in [2.24, 2.45) is 23.5 Å². The lowest BCUT2D eigenvalue weighted by Gasteiger charge is -2.27. The van der Waals surface area contributed by atoms with E-state index >= 15 is 0 Å². The number of carboxylic acids is 1. The zero-order chi connectivity index (χ0) is 25.3. The quantitative estimate of drug-likeness (QED) is 0.240. The maximum Gasteiger partial charge on any atom is 0.326 e. The molecule has 0 saturated heterocycles. The lowest BCUT2D eigenvalue weighted by Crippen LogP contribution is -2.59. The molecule has 11 heteroatoms. The fourth-order valence-corrected chi connectivity index (χ4v) is 3.26. The molecule has 0 aromatic carbocycles. The average Bonchev–Trinajstić information content (AvgIpc) is 3.20. The van der Waals surface area contributed by atoms with Gasteiger partial charge in [0.2, 0.25) is 17.7 Å². The zero-order valence-corrected chi connectivity index (χ0v) is 20.2. The van der Waals surface area contributed by atoms with Crippen molar-refractivity contribution >= 4 is 23.7 Å².